The van der Waals surface area contributed by atoms with Crippen molar-refractivity contribution in [2.45, 2.75) is 13.5 Å². The highest BCUT2D eigenvalue weighted by Crippen LogP contribution is 2.32. The molecule has 1 aromatic heterocycles. The van der Waals surface area contributed by atoms with Gasteiger partial charge in [0.25, 0.3) is 5.91 Å². The van der Waals surface area contributed by atoms with Gasteiger partial charge in [-0.05, 0) is 60.5 Å². The lowest BCUT2D eigenvalue weighted by atomic mass is 10.1. The van der Waals surface area contributed by atoms with Crippen LogP contribution in [0.1, 0.15) is 21.6 Å². The van der Waals surface area contributed by atoms with Gasteiger partial charge in [-0.25, -0.2) is 0 Å². The highest BCUT2D eigenvalue weighted by Gasteiger charge is 2.28. The van der Waals surface area contributed by atoms with Gasteiger partial charge in [-0.2, -0.15) is 0 Å². The molecule has 1 aliphatic heterocycles. The molecular formula is C33H35N3O5. The van der Waals surface area contributed by atoms with Gasteiger partial charge in [-0.1, -0.05) is 36.4 Å². The van der Waals surface area contributed by atoms with E-state index in [0.717, 1.165) is 39.7 Å². The molecule has 0 bridgehead atoms. The van der Waals surface area contributed by atoms with E-state index in [1.54, 1.807) is 19.1 Å². The first-order valence-corrected chi connectivity index (χ1v) is 13.7. The first kappa shape index (κ1) is 28.0. The van der Waals surface area contributed by atoms with Crippen molar-refractivity contribution >= 4 is 11.8 Å². The van der Waals surface area contributed by atoms with Crippen LogP contribution in [0.15, 0.2) is 84.9 Å². The van der Waals surface area contributed by atoms with Crippen LogP contribution in [0.25, 0.3) is 16.9 Å². The fourth-order valence-corrected chi connectivity index (χ4v) is 5.13. The number of hydrogen-bond donors (Lipinski definition) is 0. The Balaban J connectivity index is 1.32. The Labute approximate surface area is 240 Å². The second-order valence-electron chi connectivity index (χ2n) is 9.95. The van der Waals surface area contributed by atoms with Gasteiger partial charge in [0.2, 0.25) is 5.91 Å². The van der Waals surface area contributed by atoms with Gasteiger partial charge in [-0.3, -0.25) is 9.59 Å². The van der Waals surface area contributed by atoms with Crippen molar-refractivity contribution in [3.05, 3.63) is 102 Å². The van der Waals surface area contributed by atoms with Crippen LogP contribution in [0.4, 0.5) is 0 Å². The highest BCUT2D eigenvalue weighted by molar-refractivity contribution is 5.97. The molecule has 8 nitrogen and oxygen atoms in total. The van der Waals surface area contributed by atoms with Crippen molar-refractivity contribution in [2.75, 3.05) is 47.0 Å². The molecule has 2 heterocycles. The lowest BCUT2D eigenvalue weighted by Gasteiger charge is -2.34. The fraction of sp³-hybridized carbons (Fsp3) is 0.273. The molecule has 3 aromatic carbocycles. The third kappa shape index (κ3) is 6.28. The molecule has 1 fully saturated rings. The molecule has 0 N–H and O–H groups in total. The molecule has 5 rings (SSSR count). The smallest absolute Gasteiger partial charge is 0.255 e. The molecule has 212 valence electrons. The number of aromatic nitrogens is 1. The van der Waals surface area contributed by atoms with Crippen LogP contribution in [0.2, 0.25) is 0 Å². The third-order valence-electron chi connectivity index (χ3n) is 7.43. The number of amides is 2. The molecule has 41 heavy (non-hydrogen) atoms. The van der Waals surface area contributed by atoms with Crippen molar-refractivity contribution in [1.29, 1.82) is 0 Å². The molecule has 1 aliphatic rings. The van der Waals surface area contributed by atoms with Crippen molar-refractivity contribution < 1.29 is 23.8 Å². The van der Waals surface area contributed by atoms with Crippen molar-refractivity contribution in [3.8, 4) is 28.4 Å². The van der Waals surface area contributed by atoms with Crippen LogP contribution in [0.3, 0.4) is 0 Å². The predicted octanol–water partition coefficient (Wildman–Crippen LogP) is 4.97. The summed E-state index contributed by atoms with van der Waals surface area (Å²) in [5.74, 6) is 1.39. The minimum atomic E-state index is -0.0600. The van der Waals surface area contributed by atoms with Gasteiger partial charge in [0.1, 0.15) is 18.1 Å². The van der Waals surface area contributed by atoms with Gasteiger partial charge < -0.3 is 28.6 Å². The maximum atomic E-state index is 13.8. The summed E-state index contributed by atoms with van der Waals surface area (Å²) in [7, 11) is 3.28. The lowest BCUT2D eigenvalue weighted by molar-refractivity contribution is -0.138. The van der Waals surface area contributed by atoms with Crippen molar-refractivity contribution in [2.24, 2.45) is 0 Å². The minimum Gasteiger partial charge on any atom is -0.497 e. The zero-order valence-corrected chi connectivity index (χ0v) is 23.7. The lowest BCUT2D eigenvalue weighted by Crippen LogP contribution is -2.51. The quantitative estimate of drug-likeness (QED) is 0.293. The Hall–Kier alpha value is -4.56. The summed E-state index contributed by atoms with van der Waals surface area (Å²) in [6.07, 6.45) is 0. The van der Waals surface area contributed by atoms with Gasteiger partial charge in [0, 0.05) is 43.6 Å². The molecule has 0 aliphatic carbocycles. The van der Waals surface area contributed by atoms with Crippen LogP contribution < -0.4 is 9.47 Å². The molecule has 2 amide bonds. The molecule has 0 saturated carbocycles. The van der Waals surface area contributed by atoms with Crippen molar-refractivity contribution in [3.63, 3.8) is 0 Å². The normalized spacial score (nSPS) is 13.2. The summed E-state index contributed by atoms with van der Waals surface area (Å²) in [6, 6.07) is 27.3. The molecule has 8 heteroatoms. The number of carbonyl (C=O) groups is 2. The number of carbonyl (C=O) groups excluding carboxylic acids is 2. The molecular weight excluding hydrogens is 518 g/mol. The van der Waals surface area contributed by atoms with Gasteiger partial charge in [0.15, 0.2) is 0 Å². The molecule has 0 radical (unpaired) electrons. The van der Waals surface area contributed by atoms with Crippen LogP contribution >= 0.6 is 0 Å². The molecule has 0 spiro atoms. The largest absolute Gasteiger partial charge is 0.497 e. The Morgan fingerprint density at radius 3 is 2.12 bits per heavy atom. The zero-order chi connectivity index (χ0) is 28.8. The average Bonchev–Trinajstić information content (AvgIpc) is 3.38. The number of rotatable bonds is 9. The SMILES string of the molecule is COc1ccc(-c2cc(C(=O)N3CCN(C(=O)COCc4ccccc4)CC3)c(C)n2-c2cccc(OC)c2)cc1. The van der Waals surface area contributed by atoms with E-state index < -0.39 is 0 Å². The van der Waals surface area contributed by atoms with Crippen LogP contribution in [0.5, 0.6) is 11.5 Å². The zero-order valence-electron chi connectivity index (χ0n) is 23.7. The van der Waals surface area contributed by atoms with Crippen LogP contribution in [0, 0.1) is 6.92 Å². The fourth-order valence-electron chi connectivity index (χ4n) is 5.13. The number of ether oxygens (including phenoxy) is 3. The van der Waals surface area contributed by atoms with Gasteiger partial charge in [0.05, 0.1) is 32.1 Å². The summed E-state index contributed by atoms with van der Waals surface area (Å²) in [4.78, 5) is 30.1. The van der Waals surface area contributed by atoms with E-state index >= 15 is 0 Å². The van der Waals surface area contributed by atoms with E-state index in [9.17, 15) is 9.59 Å². The van der Waals surface area contributed by atoms with E-state index in [2.05, 4.69) is 4.57 Å². The summed E-state index contributed by atoms with van der Waals surface area (Å²) < 4.78 is 18.5. The van der Waals surface area contributed by atoms with Crippen LogP contribution in [-0.4, -0.2) is 73.2 Å². The van der Waals surface area contributed by atoms with Gasteiger partial charge >= 0.3 is 0 Å². The number of methoxy groups -OCH3 is 2. The number of hydrogen-bond acceptors (Lipinski definition) is 5. The van der Waals surface area contributed by atoms with E-state index in [1.165, 1.54) is 0 Å². The van der Waals surface area contributed by atoms with Crippen molar-refractivity contribution in [1.82, 2.24) is 14.4 Å². The summed E-state index contributed by atoms with van der Waals surface area (Å²) in [6.45, 7) is 4.25. The minimum absolute atomic E-state index is 0.0244. The topological polar surface area (TPSA) is 73.2 Å². The number of benzene rings is 3. The first-order chi connectivity index (χ1) is 20.0. The maximum Gasteiger partial charge on any atom is 0.255 e. The Morgan fingerprint density at radius 1 is 0.756 bits per heavy atom. The van der Waals surface area contributed by atoms with Gasteiger partial charge in [-0.15, -0.1) is 0 Å². The second-order valence-corrected chi connectivity index (χ2v) is 9.95. The maximum absolute atomic E-state index is 13.8. The number of nitrogens with zero attached hydrogens (tertiary/aromatic N) is 3. The molecule has 1 saturated heterocycles. The summed E-state index contributed by atoms with van der Waals surface area (Å²) >= 11 is 0. The third-order valence-corrected chi connectivity index (χ3v) is 7.43. The highest BCUT2D eigenvalue weighted by atomic mass is 16.5. The Kier molecular flexibility index (Phi) is 8.70. The second kappa shape index (κ2) is 12.7. The molecule has 0 atom stereocenters. The standard InChI is InChI=1S/C33H35N3O5/c1-24-30(33(38)35-18-16-34(17-19-35)32(37)23-41-22-25-8-5-4-6-9-25)21-31(26-12-14-28(39-2)15-13-26)36(24)27-10-7-11-29(20-27)40-3/h4-15,20-21H,16-19,22-23H2,1-3H3. The Bertz CT molecular complexity index is 1490. The molecule has 0 unspecified atom stereocenters. The monoisotopic (exact) mass is 553 g/mol. The average molecular weight is 554 g/mol. The first-order valence-electron chi connectivity index (χ1n) is 13.7. The van der Waals surface area contributed by atoms with E-state index in [-0.39, 0.29) is 18.4 Å². The van der Waals surface area contributed by atoms with E-state index in [1.807, 2.05) is 96.8 Å². The predicted molar refractivity (Wildman–Crippen MR) is 158 cm³/mol. The summed E-state index contributed by atoms with van der Waals surface area (Å²) in [5.41, 5.74) is 5.25. The van der Waals surface area contributed by atoms with E-state index in [4.69, 9.17) is 14.2 Å². The molecule has 4 aromatic rings. The number of piperazine rings is 1. The summed E-state index contributed by atoms with van der Waals surface area (Å²) in [5, 5.41) is 0. The Morgan fingerprint density at radius 2 is 1.44 bits per heavy atom. The van der Waals surface area contributed by atoms with Crippen LogP contribution in [-0.2, 0) is 16.1 Å². The van der Waals surface area contributed by atoms with E-state index in [0.29, 0.717) is 38.3 Å².